The first-order chi connectivity index (χ1) is 11.5. The molecule has 0 aliphatic carbocycles. The van der Waals surface area contributed by atoms with Crippen molar-refractivity contribution in [2.45, 2.75) is 66.2 Å². The van der Waals surface area contributed by atoms with E-state index >= 15 is 0 Å². The van der Waals surface area contributed by atoms with E-state index in [2.05, 4.69) is 56.8 Å². The second-order valence-electron chi connectivity index (χ2n) is 6.71. The van der Waals surface area contributed by atoms with Gasteiger partial charge in [0.25, 0.3) is 0 Å². The van der Waals surface area contributed by atoms with Crippen LogP contribution in [0.2, 0.25) is 0 Å². The van der Waals surface area contributed by atoms with E-state index in [9.17, 15) is 0 Å². The summed E-state index contributed by atoms with van der Waals surface area (Å²) in [5.41, 5.74) is 1.08. The summed E-state index contributed by atoms with van der Waals surface area (Å²) in [6.07, 6.45) is 13.5. The van der Waals surface area contributed by atoms with E-state index in [-0.39, 0.29) is 0 Å². The van der Waals surface area contributed by atoms with Crippen LogP contribution in [0.5, 0.6) is 0 Å². The summed E-state index contributed by atoms with van der Waals surface area (Å²) < 4.78 is 0. The molecule has 0 amide bonds. The minimum absolute atomic E-state index is 0.670. The summed E-state index contributed by atoms with van der Waals surface area (Å²) in [6.45, 7) is 17.1. The molecule has 0 aromatic rings. The maximum atomic E-state index is 6.12. The molecule has 0 aliphatic rings. The minimum Gasteiger partial charge on any atom is -0.373 e. The van der Waals surface area contributed by atoms with Crippen molar-refractivity contribution in [2.75, 3.05) is 26.2 Å². The van der Waals surface area contributed by atoms with E-state index in [0.717, 1.165) is 49.6 Å². The number of hydrogen-bond donors (Lipinski definition) is 1. The predicted molar refractivity (Wildman–Crippen MR) is 111 cm³/mol. The topological polar surface area (TPSA) is 15.3 Å². The molecule has 0 radical (unpaired) electrons. The first kappa shape index (κ1) is 23.3. The van der Waals surface area contributed by atoms with Gasteiger partial charge in [0.2, 0.25) is 0 Å². The number of nitrogens with one attached hydrogen (secondary N) is 1. The average Bonchev–Trinajstić information content (AvgIpc) is 2.56. The monoisotopic (exact) mass is 354 g/mol. The molecule has 0 saturated heterocycles. The maximum Gasteiger partial charge on any atom is 0.0418 e. The Balaban J connectivity index is 4.32. The van der Waals surface area contributed by atoms with Crippen molar-refractivity contribution in [1.29, 1.82) is 0 Å². The van der Waals surface area contributed by atoms with Gasteiger partial charge in [-0.1, -0.05) is 64.8 Å². The third kappa shape index (κ3) is 13.7. The van der Waals surface area contributed by atoms with Gasteiger partial charge in [0, 0.05) is 18.1 Å². The van der Waals surface area contributed by atoms with Crippen LogP contribution in [0.1, 0.15) is 66.2 Å². The average molecular weight is 355 g/mol. The summed E-state index contributed by atoms with van der Waals surface area (Å²) in [4.78, 5) is 2.36. The van der Waals surface area contributed by atoms with E-state index in [1.165, 1.54) is 25.7 Å². The van der Waals surface area contributed by atoms with Crippen LogP contribution in [-0.4, -0.2) is 31.1 Å². The Morgan fingerprint density at radius 2 is 1.92 bits per heavy atom. The Morgan fingerprint density at radius 1 is 1.21 bits per heavy atom. The highest BCUT2D eigenvalue weighted by Gasteiger charge is 2.03. The summed E-state index contributed by atoms with van der Waals surface area (Å²) in [7, 11) is 0. The van der Waals surface area contributed by atoms with E-state index in [1.54, 1.807) is 0 Å². The van der Waals surface area contributed by atoms with Crippen molar-refractivity contribution in [3.05, 3.63) is 35.5 Å². The van der Waals surface area contributed by atoms with Crippen LogP contribution in [0, 0.1) is 5.92 Å². The largest absolute Gasteiger partial charge is 0.373 e. The van der Waals surface area contributed by atoms with Crippen molar-refractivity contribution in [3.63, 3.8) is 0 Å². The zero-order valence-corrected chi connectivity index (χ0v) is 17.2. The first-order valence-corrected chi connectivity index (χ1v) is 10.1. The van der Waals surface area contributed by atoms with Crippen LogP contribution in [-0.2, 0) is 0 Å². The highest BCUT2D eigenvalue weighted by molar-refractivity contribution is 6.29. The third-order valence-electron chi connectivity index (χ3n) is 3.96. The number of nitrogens with zero attached hydrogens (tertiary/aromatic N) is 1. The molecule has 0 aromatic heterocycles. The van der Waals surface area contributed by atoms with Crippen molar-refractivity contribution in [1.82, 2.24) is 10.2 Å². The molecule has 0 heterocycles. The molecule has 24 heavy (non-hydrogen) atoms. The SMILES string of the molecule is C=C(/C=C(/Cl)CC)CN(/C=C\CC(C)CNCCCC)CCCC. The lowest BCUT2D eigenvalue weighted by Gasteiger charge is -2.21. The predicted octanol–water partition coefficient (Wildman–Crippen LogP) is 6.11. The normalized spacial score (nSPS) is 13.5. The molecular weight excluding hydrogens is 316 g/mol. The van der Waals surface area contributed by atoms with Crippen LogP contribution >= 0.6 is 11.6 Å². The molecule has 0 aliphatic heterocycles. The van der Waals surface area contributed by atoms with Gasteiger partial charge in [-0.2, -0.15) is 0 Å². The molecule has 0 spiro atoms. The van der Waals surface area contributed by atoms with Crippen molar-refractivity contribution in [2.24, 2.45) is 5.92 Å². The van der Waals surface area contributed by atoms with Gasteiger partial charge >= 0.3 is 0 Å². The molecule has 0 fully saturated rings. The molecule has 140 valence electrons. The lowest BCUT2D eigenvalue weighted by molar-refractivity contribution is 0.395. The van der Waals surface area contributed by atoms with E-state index in [0.29, 0.717) is 5.92 Å². The van der Waals surface area contributed by atoms with Crippen LogP contribution in [0.25, 0.3) is 0 Å². The fraction of sp³-hybridized carbons (Fsp3) is 0.714. The zero-order chi connectivity index (χ0) is 18.2. The molecule has 0 rings (SSSR count). The van der Waals surface area contributed by atoms with Gasteiger partial charge in [-0.15, -0.1) is 0 Å². The summed E-state index contributed by atoms with van der Waals surface area (Å²) in [5, 5.41) is 4.42. The Morgan fingerprint density at radius 3 is 2.54 bits per heavy atom. The first-order valence-electron chi connectivity index (χ1n) is 9.68. The fourth-order valence-corrected chi connectivity index (χ4v) is 2.53. The molecule has 0 aromatic carbocycles. The third-order valence-corrected chi connectivity index (χ3v) is 4.33. The van der Waals surface area contributed by atoms with Crippen molar-refractivity contribution >= 4 is 11.6 Å². The summed E-state index contributed by atoms with van der Waals surface area (Å²) >= 11 is 6.12. The van der Waals surface area contributed by atoms with Gasteiger partial charge < -0.3 is 10.2 Å². The van der Waals surface area contributed by atoms with Gasteiger partial charge in [0.05, 0.1) is 0 Å². The van der Waals surface area contributed by atoms with E-state index < -0.39 is 0 Å². The van der Waals surface area contributed by atoms with Gasteiger partial charge in [0.1, 0.15) is 0 Å². The Kier molecular flexibility index (Phi) is 15.3. The molecule has 0 saturated carbocycles. The highest BCUT2D eigenvalue weighted by Crippen LogP contribution is 2.12. The number of halogens is 1. The lowest BCUT2D eigenvalue weighted by atomic mass is 10.1. The number of hydrogen-bond acceptors (Lipinski definition) is 2. The highest BCUT2D eigenvalue weighted by atomic mass is 35.5. The van der Waals surface area contributed by atoms with Gasteiger partial charge in [0.15, 0.2) is 0 Å². The summed E-state index contributed by atoms with van der Waals surface area (Å²) in [5.74, 6) is 0.670. The van der Waals surface area contributed by atoms with Crippen molar-refractivity contribution in [3.8, 4) is 0 Å². The number of unbranched alkanes of at least 4 members (excludes halogenated alkanes) is 2. The van der Waals surface area contributed by atoms with Gasteiger partial charge in [-0.05, 0) is 62.5 Å². The quantitative estimate of drug-likeness (QED) is 0.282. The van der Waals surface area contributed by atoms with Crippen molar-refractivity contribution < 1.29 is 0 Å². The fourth-order valence-electron chi connectivity index (χ4n) is 2.37. The summed E-state index contributed by atoms with van der Waals surface area (Å²) in [6, 6.07) is 0. The van der Waals surface area contributed by atoms with Gasteiger partial charge in [-0.25, -0.2) is 0 Å². The molecule has 1 unspecified atom stereocenters. The Hall–Kier alpha value is -0.730. The second-order valence-corrected chi connectivity index (χ2v) is 7.20. The number of rotatable bonds is 15. The molecular formula is C21H39ClN2. The maximum absolute atomic E-state index is 6.12. The second kappa shape index (κ2) is 15.8. The molecule has 1 atom stereocenters. The van der Waals surface area contributed by atoms with E-state index in [1.807, 2.05) is 6.08 Å². The molecule has 2 nitrogen and oxygen atoms in total. The molecule has 1 N–H and O–H groups in total. The minimum atomic E-state index is 0.670. The smallest absolute Gasteiger partial charge is 0.0418 e. The lowest BCUT2D eigenvalue weighted by Crippen LogP contribution is -2.22. The van der Waals surface area contributed by atoms with Crippen LogP contribution in [0.3, 0.4) is 0 Å². The number of allylic oxidation sites excluding steroid dienone is 2. The van der Waals surface area contributed by atoms with Gasteiger partial charge in [-0.3, -0.25) is 0 Å². The Bertz CT molecular complexity index is 374. The van der Waals surface area contributed by atoms with E-state index in [4.69, 9.17) is 11.6 Å². The Labute approximate surface area is 156 Å². The van der Waals surface area contributed by atoms with Crippen LogP contribution in [0.15, 0.2) is 35.5 Å². The zero-order valence-electron chi connectivity index (χ0n) is 16.4. The molecule has 0 bridgehead atoms. The standard InChI is InChI=1S/C21H39ClN2/c1-6-9-13-23-17-19(4)12-11-15-24(14-10-7-2)18-20(5)16-21(22)8-3/h11,15-16,19,23H,5-10,12-14,17-18H2,1-4H3/b15-11-,21-16+. The van der Waals surface area contributed by atoms with Crippen LogP contribution < -0.4 is 5.32 Å². The van der Waals surface area contributed by atoms with Crippen LogP contribution in [0.4, 0.5) is 0 Å². The molecule has 3 heteroatoms.